The third-order valence-corrected chi connectivity index (χ3v) is 3.82. The second kappa shape index (κ2) is 3.23. The van der Waals surface area contributed by atoms with Crippen LogP contribution in [0.3, 0.4) is 0 Å². The van der Waals surface area contributed by atoms with Crippen molar-refractivity contribution in [1.29, 1.82) is 0 Å². The SMILES string of the molecule is Nc1nccn1C1CCOC2(CCC2)C1. The zero-order valence-electron chi connectivity index (χ0n) is 8.85. The number of imidazole rings is 1. The number of nitrogens with zero attached hydrogens (tertiary/aromatic N) is 2. The highest BCUT2D eigenvalue weighted by Gasteiger charge is 2.43. The smallest absolute Gasteiger partial charge is 0.200 e. The molecule has 1 unspecified atom stereocenters. The second-order valence-electron chi connectivity index (χ2n) is 4.72. The van der Waals surface area contributed by atoms with Crippen LogP contribution in [0.1, 0.15) is 38.1 Å². The van der Waals surface area contributed by atoms with Gasteiger partial charge in [-0.3, -0.25) is 0 Å². The first-order valence-electron chi connectivity index (χ1n) is 5.71. The molecule has 1 saturated heterocycles. The molecule has 15 heavy (non-hydrogen) atoms. The Bertz CT molecular complexity index is 356. The summed E-state index contributed by atoms with van der Waals surface area (Å²) in [6, 6.07) is 0.488. The molecule has 0 bridgehead atoms. The minimum Gasteiger partial charge on any atom is -0.375 e. The molecule has 0 radical (unpaired) electrons. The first kappa shape index (κ1) is 9.21. The Labute approximate surface area is 89.4 Å². The van der Waals surface area contributed by atoms with Crippen molar-refractivity contribution in [3.8, 4) is 0 Å². The fraction of sp³-hybridized carbons (Fsp3) is 0.727. The van der Waals surface area contributed by atoms with Crippen LogP contribution in [0.25, 0.3) is 0 Å². The van der Waals surface area contributed by atoms with E-state index >= 15 is 0 Å². The van der Waals surface area contributed by atoms with Crippen LogP contribution in [-0.4, -0.2) is 21.8 Å². The highest BCUT2D eigenvalue weighted by molar-refractivity contribution is 5.18. The van der Waals surface area contributed by atoms with Crippen LogP contribution in [0.2, 0.25) is 0 Å². The van der Waals surface area contributed by atoms with E-state index in [2.05, 4.69) is 9.55 Å². The summed E-state index contributed by atoms with van der Waals surface area (Å²) in [5, 5.41) is 0. The molecule has 2 N–H and O–H groups in total. The molecule has 2 aliphatic rings. The van der Waals surface area contributed by atoms with E-state index in [0.29, 0.717) is 12.0 Å². The summed E-state index contributed by atoms with van der Waals surface area (Å²) in [5.74, 6) is 0.636. The van der Waals surface area contributed by atoms with Gasteiger partial charge < -0.3 is 15.0 Å². The first-order chi connectivity index (χ1) is 7.29. The number of nitrogens with two attached hydrogens (primary N) is 1. The zero-order valence-corrected chi connectivity index (χ0v) is 8.85. The Morgan fingerprint density at radius 2 is 2.40 bits per heavy atom. The standard InChI is InChI=1S/C11H17N3O/c12-10-13-5-6-14(10)9-2-7-15-11(8-9)3-1-4-11/h5-6,9H,1-4,7-8H2,(H2,12,13). The molecule has 82 valence electrons. The van der Waals surface area contributed by atoms with Crippen molar-refractivity contribution >= 4 is 5.95 Å². The molecule has 0 aromatic carbocycles. The molecule has 3 rings (SSSR count). The molecule has 4 heteroatoms. The van der Waals surface area contributed by atoms with Gasteiger partial charge in [-0.2, -0.15) is 0 Å². The minimum absolute atomic E-state index is 0.180. The number of hydrogen-bond donors (Lipinski definition) is 1. The summed E-state index contributed by atoms with van der Waals surface area (Å²) in [6.45, 7) is 0.863. The molecule has 1 aromatic rings. The van der Waals surface area contributed by atoms with Crippen LogP contribution in [-0.2, 0) is 4.74 Å². The van der Waals surface area contributed by atoms with Gasteiger partial charge >= 0.3 is 0 Å². The summed E-state index contributed by atoms with van der Waals surface area (Å²) in [6.07, 6.45) is 9.67. The maximum atomic E-state index is 5.90. The molecule has 4 nitrogen and oxygen atoms in total. The third-order valence-electron chi connectivity index (χ3n) is 3.82. The van der Waals surface area contributed by atoms with Gasteiger partial charge in [0.15, 0.2) is 5.95 Å². The monoisotopic (exact) mass is 207 g/mol. The van der Waals surface area contributed by atoms with Crippen LogP contribution in [0.15, 0.2) is 12.4 Å². The Morgan fingerprint density at radius 3 is 3.00 bits per heavy atom. The molecule has 1 aliphatic carbocycles. The first-order valence-corrected chi connectivity index (χ1v) is 5.71. The molecule has 2 heterocycles. The average molecular weight is 207 g/mol. The molecule has 0 amide bonds. The molecule has 1 saturated carbocycles. The molecular formula is C11H17N3O. The van der Waals surface area contributed by atoms with E-state index in [4.69, 9.17) is 10.5 Å². The third kappa shape index (κ3) is 1.44. The number of hydrogen-bond acceptors (Lipinski definition) is 3. The molecule has 1 atom stereocenters. The van der Waals surface area contributed by atoms with Crippen molar-refractivity contribution < 1.29 is 4.74 Å². The lowest BCUT2D eigenvalue weighted by molar-refractivity contribution is -0.140. The van der Waals surface area contributed by atoms with Crippen molar-refractivity contribution in [3.63, 3.8) is 0 Å². The average Bonchev–Trinajstić information content (AvgIpc) is 2.62. The fourth-order valence-electron chi connectivity index (χ4n) is 2.79. The molecule has 1 aromatic heterocycles. The van der Waals surface area contributed by atoms with Gasteiger partial charge in [0.05, 0.1) is 5.60 Å². The van der Waals surface area contributed by atoms with Crippen LogP contribution in [0, 0.1) is 0 Å². The van der Waals surface area contributed by atoms with Gasteiger partial charge in [0.2, 0.25) is 0 Å². The lowest BCUT2D eigenvalue weighted by Gasteiger charge is -2.47. The number of nitrogen functional groups attached to an aromatic ring is 1. The maximum absolute atomic E-state index is 5.90. The van der Waals surface area contributed by atoms with Gasteiger partial charge in [-0.15, -0.1) is 0 Å². The number of aromatic nitrogens is 2. The topological polar surface area (TPSA) is 53.1 Å². The molecule has 2 fully saturated rings. The van der Waals surface area contributed by atoms with E-state index in [-0.39, 0.29) is 5.60 Å². The Hall–Kier alpha value is -1.03. The number of ether oxygens (including phenoxy) is 1. The summed E-state index contributed by atoms with van der Waals surface area (Å²) >= 11 is 0. The van der Waals surface area contributed by atoms with Gasteiger partial charge in [-0.25, -0.2) is 4.98 Å². The van der Waals surface area contributed by atoms with Gasteiger partial charge in [0, 0.05) is 25.0 Å². The van der Waals surface area contributed by atoms with E-state index in [1.165, 1.54) is 19.3 Å². The molecule has 1 aliphatic heterocycles. The van der Waals surface area contributed by atoms with Gasteiger partial charge in [-0.05, 0) is 32.1 Å². The Morgan fingerprint density at radius 1 is 1.53 bits per heavy atom. The van der Waals surface area contributed by atoms with Crippen LogP contribution in [0.4, 0.5) is 5.95 Å². The van der Waals surface area contributed by atoms with Gasteiger partial charge in [0.25, 0.3) is 0 Å². The summed E-state index contributed by atoms with van der Waals surface area (Å²) in [4.78, 5) is 4.08. The fourth-order valence-corrected chi connectivity index (χ4v) is 2.79. The zero-order chi connectivity index (χ0) is 10.3. The van der Waals surface area contributed by atoms with Crippen LogP contribution in [0.5, 0.6) is 0 Å². The largest absolute Gasteiger partial charge is 0.375 e. The predicted octanol–water partition coefficient (Wildman–Crippen LogP) is 1.74. The maximum Gasteiger partial charge on any atom is 0.200 e. The van der Waals surface area contributed by atoms with Crippen molar-refractivity contribution in [3.05, 3.63) is 12.4 Å². The Kier molecular flexibility index (Phi) is 1.99. The van der Waals surface area contributed by atoms with E-state index in [1.807, 2.05) is 6.20 Å². The van der Waals surface area contributed by atoms with Gasteiger partial charge in [-0.1, -0.05) is 0 Å². The summed E-state index contributed by atoms with van der Waals surface area (Å²) in [5.41, 5.74) is 6.01. The van der Waals surface area contributed by atoms with Crippen molar-refractivity contribution in [2.45, 2.75) is 43.7 Å². The van der Waals surface area contributed by atoms with E-state index in [0.717, 1.165) is 19.4 Å². The van der Waals surface area contributed by atoms with E-state index in [1.54, 1.807) is 6.20 Å². The van der Waals surface area contributed by atoms with Crippen LogP contribution >= 0.6 is 0 Å². The van der Waals surface area contributed by atoms with Crippen molar-refractivity contribution in [1.82, 2.24) is 9.55 Å². The lowest BCUT2D eigenvalue weighted by Crippen LogP contribution is -2.45. The minimum atomic E-state index is 0.180. The lowest BCUT2D eigenvalue weighted by atomic mass is 9.74. The Balaban J connectivity index is 1.79. The normalized spacial score (nSPS) is 28.9. The second-order valence-corrected chi connectivity index (χ2v) is 4.72. The highest BCUT2D eigenvalue weighted by Crippen LogP contribution is 2.45. The summed E-state index contributed by atoms with van der Waals surface area (Å²) < 4.78 is 7.99. The van der Waals surface area contributed by atoms with Gasteiger partial charge in [0.1, 0.15) is 0 Å². The van der Waals surface area contributed by atoms with Crippen molar-refractivity contribution in [2.75, 3.05) is 12.3 Å². The quantitative estimate of drug-likeness (QED) is 0.763. The van der Waals surface area contributed by atoms with Crippen molar-refractivity contribution in [2.24, 2.45) is 0 Å². The summed E-state index contributed by atoms with van der Waals surface area (Å²) in [7, 11) is 0. The predicted molar refractivity (Wildman–Crippen MR) is 57.4 cm³/mol. The number of anilines is 1. The molecule has 1 spiro atoms. The van der Waals surface area contributed by atoms with E-state index < -0.39 is 0 Å². The highest BCUT2D eigenvalue weighted by atomic mass is 16.5. The van der Waals surface area contributed by atoms with E-state index in [9.17, 15) is 0 Å². The molecular weight excluding hydrogens is 190 g/mol. The van der Waals surface area contributed by atoms with Crippen LogP contribution < -0.4 is 5.73 Å². The number of rotatable bonds is 1.